The van der Waals surface area contributed by atoms with E-state index in [1.807, 2.05) is 0 Å². The highest BCUT2D eigenvalue weighted by atomic mass is 14.8. The van der Waals surface area contributed by atoms with Gasteiger partial charge in [0.05, 0.1) is 5.70 Å². The highest BCUT2D eigenvalue weighted by Gasteiger charge is 2.39. The van der Waals surface area contributed by atoms with Crippen molar-refractivity contribution in [3.8, 4) is 0 Å². The Morgan fingerprint density at radius 3 is 2.94 bits per heavy atom. The van der Waals surface area contributed by atoms with Gasteiger partial charge in [-0.15, -0.1) is 0 Å². The Labute approximate surface area is 97.0 Å². The average Bonchev–Trinajstić information content (AvgIpc) is 2.50. The maximum absolute atomic E-state index is 4.72. The third kappa shape index (κ3) is 1.14. The van der Waals surface area contributed by atoms with Gasteiger partial charge < -0.3 is 0 Å². The minimum Gasteiger partial charge on any atom is -0.257 e. The number of allylic oxidation sites excluding steroid dienone is 7. The van der Waals surface area contributed by atoms with Crippen LogP contribution < -0.4 is 0 Å². The highest BCUT2D eigenvalue weighted by molar-refractivity contribution is 5.96. The second-order valence-electron chi connectivity index (χ2n) is 5.33. The van der Waals surface area contributed by atoms with Gasteiger partial charge in [0, 0.05) is 17.0 Å². The van der Waals surface area contributed by atoms with Crippen molar-refractivity contribution < 1.29 is 0 Å². The molecule has 0 aromatic rings. The quantitative estimate of drug-likeness (QED) is 0.577. The van der Waals surface area contributed by atoms with Crippen LogP contribution in [0.25, 0.3) is 0 Å². The van der Waals surface area contributed by atoms with Crippen molar-refractivity contribution in [2.45, 2.75) is 27.2 Å². The largest absolute Gasteiger partial charge is 0.257 e. The zero-order chi connectivity index (χ0) is 11.3. The molecular formula is C15H17N. The summed E-state index contributed by atoms with van der Waals surface area (Å²) in [6.45, 7) is 6.71. The summed E-state index contributed by atoms with van der Waals surface area (Å²) in [4.78, 5) is 4.72. The molecule has 0 bridgehead atoms. The zero-order valence-electron chi connectivity index (χ0n) is 10.1. The molecule has 3 aliphatic rings. The first-order valence-corrected chi connectivity index (χ1v) is 5.96. The monoisotopic (exact) mass is 211 g/mol. The van der Waals surface area contributed by atoms with Crippen molar-refractivity contribution in [1.29, 1.82) is 0 Å². The number of rotatable bonds is 0. The van der Waals surface area contributed by atoms with E-state index in [4.69, 9.17) is 4.99 Å². The van der Waals surface area contributed by atoms with Crippen molar-refractivity contribution in [3.63, 3.8) is 0 Å². The van der Waals surface area contributed by atoms with Crippen LogP contribution in [0.3, 0.4) is 0 Å². The number of hydrogen-bond donors (Lipinski definition) is 0. The lowest BCUT2D eigenvalue weighted by molar-refractivity contribution is 0.619. The first-order chi connectivity index (χ1) is 7.60. The molecule has 1 heterocycles. The molecule has 1 heteroatoms. The van der Waals surface area contributed by atoms with E-state index in [1.54, 1.807) is 0 Å². The summed E-state index contributed by atoms with van der Waals surface area (Å²) in [5.41, 5.74) is 5.49. The fraction of sp³-hybridized carbons (Fsp3) is 0.400. The van der Waals surface area contributed by atoms with E-state index in [0.29, 0.717) is 5.92 Å². The Hall–Kier alpha value is -1.37. The molecule has 0 N–H and O–H groups in total. The van der Waals surface area contributed by atoms with Gasteiger partial charge >= 0.3 is 0 Å². The van der Waals surface area contributed by atoms with Gasteiger partial charge in [-0.1, -0.05) is 44.2 Å². The molecule has 0 saturated heterocycles. The van der Waals surface area contributed by atoms with Crippen molar-refractivity contribution in [2.24, 2.45) is 16.3 Å². The van der Waals surface area contributed by atoms with Gasteiger partial charge in [-0.25, -0.2) is 0 Å². The molecule has 0 aromatic carbocycles. The fourth-order valence-corrected chi connectivity index (χ4v) is 2.83. The molecule has 0 saturated carbocycles. The van der Waals surface area contributed by atoms with E-state index in [1.165, 1.54) is 22.6 Å². The molecule has 2 aliphatic carbocycles. The Morgan fingerprint density at radius 1 is 1.31 bits per heavy atom. The van der Waals surface area contributed by atoms with Gasteiger partial charge in [-0.2, -0.15) is 0 Å². The Morgan fingerprint density at radius 2 is 2.12 bits per heavy atom. The van der Waals surface area contributed by atoms with E-state index in [9.17, 15) is 0 Å². The standard InChI is InChI=1S/C15H17N/c1-10-15(2,3)14-12-7-5-4-6-11(12)8-9-13(14)16-10/h4-7,9,11H,8H2,1-3H3. The van der Waals surface area contributed by atoms with Crippen LogP contribution >= 0.6 is 0 Å². The molecule has 0 spiro atoms. The van der Waals surface area contributed by atoms with E-state index in [2.05, 4.69) is 51.2 Å². The summed E-state index contributed by atoms with van der Waals surface area (Å²) < 4.78 is 0. The van der Waals surface area contributed by atoms with Gasteiger partial charge in [-0.3, -0.25) is 4.99 Å². The van der Waals surface area contributed by atoms with Gasteiger partial charge in [0.2, 0.25) is 0 Å². The second-order valence-corrected chi connectivity index (χ2v) is 5.33. The minimum absolute atomic E-state index is 0.107. The smallest absolute Gasteiger partial charge is 0.0634 e. The SMILES string of the molecule is CC1=NC2=CCC3C=CC=CC3=C2C1(C)C. The van der Waals surface area contributed by atoms with Crippen molar-refractivity contribution in [1.82, 2.24) is 0 Å². The number of fused-ring (bicyclic) bond motifs is 2. The molecule has 1 aliphatic heterocycles. The maximum atomic E-state index is 4.72. The summed E-state index contributed by atoms with van der Waals surface area (Å²) in [6, 6.07) is 0. The van der Waals surface area contributed by atoms with Crippen LogP contribution in [0.4, 0.5) is 0 Å². The second kappa shape index (κ2) is 3.07. The Balaban J connectivity index is 2.21. The average molecular weight is 211 g/mol. The van der Waals surface area contributed by atoms with Crippen LogP contribution in [0.2, 0.25) is 0 Å². The van der Waals surface area contributed by atoms with E-state index >= 15 is 0 Å². The third-order valence-corrected chi connectivity index (χ3v) is 4.06. The van der Waals surface area contributed by atoms with Gasteiger partial charge in [0.15, 0.2) is 0 Å². The Kier molecular flexibility index (Phi) is 1.88. The number of aliphatic imine (C=N–C) groups is 1. The van der Waals surface area contributed by atoms with Crippen molar-refractivity contribution >= 4 is 5.71 Å². The molecule has 3 rings (SSSR count). The summed E-state index contributed by atoms with van der Waals surface area (Å²) in [7, 11) is 0. The van der Waals surface area contributed by atoms with E-state index in [0.717, 1.165) is 6.42 Å². The fourth-order valence-electron chi connectivity index (χ4n) is 2.83. The molecule has 0 radical (unpaired) electrons. The lowest BCUT2D eigenvalue weighted by atomic mass is 9.72. The van der Waals surface area contributed by atoms with Crippen LogP contribution in [0.5, 0.6) is 0 Å². The first kappa shape index (κ1) is 9.83. The van der Waals surface area contributed by atoms with Gasteiger partial charge in [0.25, 0.3) is 0 Å². The van der Waals surface area contributed by atoms with Crippen LogP contribution in [-0.2, 0) is 0 Å². The lowest BCUT2D eigenvalue weighted by Crippen LogP contribution is -2.23. The molecule has 0 aromatic heterocycles. The third-order valence-electron chi connectivity index (χ3n) is 4.06. The highest BCUT2D eigenvalue weighted by Crippen LogP contribution is 2.48. The van der Waals surface area contributed by atoms with E-state index in [-0.39, 0.29) is 5.41 Å². The summed E-state index contributed by atoms with van der Waals surface area (Å²) in [6.07, 6.45) is 12.3. The Bertz CT molecular complexity index is 496. The topological polar surface area (TPSA) is 12.4 Å². The zero-order valence-corrected chi connectivity index (χ0v) is 10.1. The predicted octanol–water partition coefficient (Wildman–Crippen LogP) is 3.81. The summed E-state index contributed by atoms with van der Waals surface area (Å²) >= 11 is 0. The van der Waals surface area contributed by atoms with Gasteiger partial charge in [0.1, 0.15) is 0 Å². The first-order valence-electron chi connectivity index (χ1n) is 5.96. The summed E-state index contributed by atoms with van der Waals surface area (Å²) in [5.74, 6) is 0.573. The summed E-state index contributed by atoms with van der Waals surface area (Å²) in [5, 5.41) is 0. The number of nitrogens with zero attached hydrogens (tertiary/aromatic N) is 1. The lowest BCUT2D eigenvalue weighted by Gasteiger charge is -2.30. The van der Waals surface area contributed by atoms with Gasteiger partial charge in [-0.05, 0) is 24.5 Å². The minimum atomic E-state index is 0.107. The van der Waals surface area contributed by atoms with Crippen LogP contribution in [0, 0.1) is 11.3 Å². The van der Waals surface area contributed by atoms with E-state index < -0.39 is 0 Å². The molecular weight excluding hydrogens is 194 g/mol. The van der Waals surface area contributed by atoms with Crippen LogP contribution in [0.15, 0.2) is 52.2 Å². The van der Waals surface area contributed by atoms with Crippen molar-refractivity contribution in [3.05, 3.63) is 47.2 Å². The molecule has 82 valence electrons. The maximum Gasteiger partial charge on any atom is 0.0634 e. The molecule has 0 fully saturated rings. The molecule has 0 amide bonds. The molecule has 1 atom stereocenters. The van der Waals surface area contributed by atoms with Crippen LogP contribution in [-0.4, -0.2) is 5.71 Å². The normalized spacial score (nSPS) is 29.8. The molecule has 16 heavy (non-hydrogen) atoms. The van der Waals surface area contributed by atoms with Crippen molar-refractivity contribution in [2.75, 3.05) is 0 Å². The van der Waals surface area contributed by atoms with Crippen LogP contribution in [0.1, 0.15) is 27.2 Å². The molecule has 1 nitrogen and oxygen atoms in total. The number of hydrogen-bond acceptors (Lipinski definition) is 1. The predicted molar refractivity (Wildman–Crippen MR) is 68.4 cm³/mol. The molecule has 1 unspecified atom stereocenters.